The van der Waals surface area contributed by atoms with Crippen molar-refractivity contribution >= 4 is 5.91 Å². The van der Waals surface area contributed by atoms with E-state index in [4.69, 9.17) is 0 Å². The minimum Gasteiger partial charge on any atom is -0.394 e. The molecule has 0 saturated carbocycles. The summed E-state index contributed by atoms with van der Waals surface area (Å²) in [5.74, 6) is -0.791. The van der Waals surface area contributed by atoms with Crippen molar-refractivity contribution in [2.45, 2.75) is 13.0 Å². The molecule has 6 heteroatoms. The first-order valence-corrected chi connectivity index (χ1v) is 7.88. The number of carbonyl (C=O) groups excluding carboxylic acids is 1. The lowest BCUT2D eigenvalue weighted by Gasteiger charge is -2.16. The fraction of sp³-hybridized carbons (Fsp3) is 0.158. The quantitative estimate of drug-likeness (QED) is 0.751. The molecule has 5 nitrogen and oxygen atoms in total. The third-order valence-corrected chi connectivity index (χ3v) is 4.02. The highest BCUT2D eigenvalue weighted by molar-refractivity contribution is 5.95. The number of nitrogens with zero attached hydrogens (tertiary/aromatic N) is 2. The Morgan fingerprint density at radius 3 is 2.56 bits per heavy atom. The first-order chi connectivity index (χ1) is 12.1. The first kappa shape index (κ1) is 16.9. The number of carbonyl (C=O) groups is 1. The Hall–Kier alpha value is -2.99. The van der Waals surface area contributed by atoms with Gasteiger partial charge in [0.05, 0.1) is 30.1 Å². The average molecular weight is 339 g/mol. The van der Waals surface area contributed by atoms with Crippen LogP contribution in [0.3, 0.4) is 0 Å². The van der Waals surface area contributed by atoms with Crippen LogP contribution in [0.1, 0.15) is 27.7 Å². The Labute approximate surface area is 144 Å². The van der Waals surface area contributed by atoms with Crippen molar-refractivity contribution in [1.82, 2.24) is 15.1 Å². The predicted octanol–water partition coefficient (Wildman–Crippen LogP) is 2.78. The van der Waals surface area contributed by atoms with Crippen LogP contribution in [-0.2, 0) is 0 Å². The van der Waals surface area contributed by atoms with E-state index in [9.17, 15) is 14.3 Å². The number of aliphatic hydroxyl groups is 1. The number of hydrogen-bond donors (Lipinski definition) is 2. The number of rotatable bonds is 5. The second-order valence-corrected chi connectivity index (χ2v) is 5.63. The number of para-hydroxylation sites is 1. The normalized spacial score (nSPS) is 12.0. The zero-order valence-corrected chi connectivity index (χ0v) is 13.7. The van der Waals surface area contributed by atoms with Gasteiger partial charge in [-0.05, 0) is 24.6 Å². The Bertz CT molecular complexity index is 877. The van der Waals surface area contributed by atoms with Gasteiger partial charge in [-0.25, -0.2) is 9.07 Å². The largest absolute Gasteiger partial charge is 0.394 e. The van der Waals surface area contributed by atoms with Crippen molar-refractivity contribution in [1.29, 1.82) is 0 Å². The highest BCUT2D eigenvalue weighted by atomic mass is 19.1. The average Bonchev–Trinajstić information content (AvgIpc) is 3.02. The third kappa shape index (κ3) is 3.44. The number of aromatic nitrogens is 2. The van der Waals surface area contributed by atoms with Gasteiger partial charge >= 0.3 is 0 Å². The number of aliphatic hydroxyl groups excluding tert-OH is 1. The fourth-order valence-corrected chi connectivity index (χ4v) is 2.65. The van der Waals surface area contributed by atoms with E-state index in [1.165, 1.54) is 16.9 Å². The van der Waals surface area contributed by atoms with Gasteiger partial charge in [0.25, 0.3) is 5.91 Å². The van der Waals surface area contributed by atoms with Crippen LogP contribution in [0.2, 0.25) is 0 Å². The second kappa shape index (κ2) is 7.27. The lowest BCUT2D eigenvalue weighted by atomic mass is 10.1. The summed E-state index contributed by atoms with van der Waals surface area (Å²) in [6, 6.07) is 14.9. The van der Waals surface area contributed by atoms with Gasteiger partial charge in [0.15, 0.2) is 0 Å². The molecule has 0 saturated heterocycles. The topological polar surface area (TPSA) is 67.2 Å². The molecule has 0 aliphatic rings. The molecule has 0 fully saturated rings. The molecule has 25 heavy (non-hydrogen) atoms. The molecule has 0 radical (unpaired) electrons. The van der Waals surface area contributed by atoms with Gasteiger partial charge in [0.2, 0.25) is 0 Å². The van der Waals surface area contributed by atoms with Crippen LogP contribution in [-0.4, -0.2) is 27.4 Å². The molecule has 128 valence electrons. The van der Waals surface area contributed by atoms with Crippen molar-refractivity contribution in [2.75, 3.05) is 6.61 Å². The van der Waals surface area contributed by atoms with Gasteiger partial charge in [0, 0.05) is 0 Å². The molecule has 2 aromatic carbocycles. The molecule has 0 aliphatic carbocycles. The Balaban J connectivity index is 1.85. The zero-order valence-electron chi connectivity index (χ0n) is 13.7. The lowest BCUT2D eigenvalue weighted by molar-refractivity contribution is 0.0915. The molecule has 1 atom stereocenters. The van der Waals surface area contributed by atoms with Gasteiger partial charge < -0.3 is 10.4 Å². The van der Waals surface area contributed by atoms with Crippen molar-refractivity contribution in [3.63, 3.8) is 0 Å². The summed E-state index contributed by atoms with van der Waals surface area (Å²) in [6.45, 7) is 1.47. The van der Waals surface area contributed by atoms with Crippen LogP contribution in [0, 0.1) is 12.7 Å². The SMILES string of the molecule is Cc1c(C(=O)NC(CO)c2ccccc2)cnn1-c1ccccc1F. The molecule has 0 spiro atoms. The van der Waals surface area contributed by atoms with Crippen LogP contribution in [0.4, 0.5) is 4.39 Å². The standard InChI is InChI=1S/C19H18FN3O2/c1-13-15(11-21-23(13)18-10-6-5-9-16(18)20)19(25)22-17(12-24)14-7-3-2-4-8-14/h2-11,17,24H,12H2,1H3,(H,22,25). The molecule has 1 aromatic heterocycles. The third-order valence-electron chi connectivity index (χ3n) is 4.02. The maximum Gasteiger partial charge on any atom is 0.255 e. The van der Waals surface area contributed by atoms with E-state index in [2.05, 4.69) is 10.4 Å². The minimum absolute atomic E-state index is 0.226. The van der Waals surface area contributed by atoms with E-state index in [0.717, 1.165) is 5.56 Å². The number of nitrogens with one attached hydrogen (secondary N) is 1. The molecule has 2 N–H and O–H groups in total. The summed E-state index contributed by atoms with van der Waals surface area (Å²) in [5, 5.41) is 16.5. The van der Waals surface area contributed by atoms with Crippen LogP contribution in [0.25, 0.3) is 5.69 Å². The molecular weight excluding hydrogens is 321 g/mol. The number of halogens is 1. The van der Waals surface area contributed by atoms with E-state index in [1.54, 1.807) is 25.1 Å². The summed E-state index contributed by atoms with van der Waals surface area (Å²) in [4.78, 5) is 12.6. The molecular formula is C19H18FN3O2. The Morgan fingerprint density at radius 1 is 1.20 bits per heavy atom. The van der Waals surface area contributed by atoms with Crippen molar-refractivity contribution in [3.8, 4) is 5.69 Å². The highest BCUT2D eigenvalue weighted by Gasteiger charge is 2.20. The van der Waals surface area contributed by atoms with Gasteiger partial charge in [0.1, 0.15) is 11.5 Å². The van der Waals surface area contributed by atoms with Crippen LogP contribution in [0.5, 0.6) is 0 Å². The molecule has 3 rings (SSSR count). The van der Waals surface area contributed by atoms with Gasteiger partial charge in [-0.15, -0.1) is 0 Å². The molecule has 0 bridgehead atoms. The molecule has 1 unspecified atom stereocenters. The van der Waals surface area contributed by atoms with Gasteiger partial charge in [-0.2, -0.15) is 5.10 Å². The van der Waals surface area contributed by atoms with Crippen molar-refractivity contribution in [3.05, 3.63) is 83.4 Å². The van der Waals surface area contributed by atoms with Crippen molar-refractivity contribution in [2.24, 2.45) is 0 Å². The molecule has 0 aliphatic heterocycles. The number of benzene rings is 2. The Kier molecular flexibility index (Phi) is 4.90. The summed E-state index contributed by atoms with van der Waals surface area (Å²) < 4.78 is 15.3. The smallest absolute Gasteiger partial charge is 0.255 e. The number of hydrogen-bond acceptors (Lipinski definition) is 3. The van der Waals surface area contributed by atoms with Crippen LogP contribution >= 0.6 is 0 Å². The van der Waals surface area contributed by atoms with Gasteiger partial charge in [-0.3, -0.25) is 4.79 Å². The van der Waals surface area contributed by atoms with Crippen LogP contribution < -0.4 is 5.32 Å². The van der Waals surface area contributed by atoms with E-state index in [0.29, 0.717) is 11.3 Å². The second-order valence-electron chi connectivity index (χ2n) is 5.63. The highest BCUT2D eigenvalue weighted by Crippen LogP contribution is 2.18. The van der Waals surface area contributed by atoms with Gasteiger partial charge in [-0.1, -0.05) is 42.5 Å². The van der Waals surface area contributed by atoms with Crippen molar-refractivity contribution < 1.29 is 14.3 Å². The summed E-state index contributed by atoms with van der Waals surface area (Å²) in [7, 11) is 0. The maximum atomic E-state index is 14.0. The van der Waals surface area contributed by atoms with E-state index >= 15 is 0 Å². The first-order valence-electron chi connectivity index (χ1n) is 7.88. The number of amides is 1. The summed E-state index contributed by atoms with van der Waals surface area (Å²) in [5.41, 5.74) is 1.93. The molecule has 1 amide bonds. The monoisotopic (exact) mass is 339 g/mol. The molecule has 1 heterocycles. The summed E-state index contributed by atoms with van der Waals surface area (Å²) in [6.07, 6.45) is 1.40. The summed E-state index contributed by atoms with van der Waals surface area (Å²) >= 11 is 0. The zero-order chi connectivity index (χ0) is 17.8. The fourth-order valence-electron chi connectivity index (χ4n) is 2.65. The van der Waals surface area contributed by atoms with E-state index in [1.807, 2.05) is 30.3 Å². The van der Waals surface area contributed by atoms with E-state index < -0.39 is 11.9 Å². The minimum atomic E-state index is -0.523. The van der Waals surface area contributed by atoms with E-state index in [-0.39, 0.29) is 18.2 Å². The maximum absolute atomic E-state index is 14.0. The lowest BCUT2D eigenvalue weighted by Crippen LogP contribution is -2.31. The van der Waals surface area contributed by atoms with Crippen LogP contribution in [0.15, 0.2) is 60.8 Å². The predicted molar refractivity (Wildman–Crippen MR) is 92.0 cm³/mol. The molecule has 3 aromatic rings. The Morgan fingerprint density at radius 2 is 1.88 bits per heavy atom.